The first kappa shape index (κ1) is 29.6. The van der Waals surface area contributed by atoms with Crippen molar-refractivity contribution < 1.29 is 23.9 Å². The molecule has 0 spiro atoms. The third-order valence-electron chi connectivity index (χ3n) is 6.42. The molecular weight excluding hydrogens is 432 g/mol. The summed E-state index contributed by atoms with van der Waals surface area (Å²) in [5.74, 6) is 0.217. The van der Waals surface area contributed by atoms with Crippen LogP contribution in [0.3, 0.4) is 0 Å². The van der Waals surface area contributed by atoms with Crippen LogP contribution >= 0.6 is 0 Å². The zero-order chi connectivity index (χ0) is 24.1. The number of fused-ring (bicyclic) bond motifs is 1. The van der Waals surface area contributed by atoms with Gasteiger partial charge in [0.15, 0.2) is 0 Å². The van der Waals surface area contributed by atoms with Crippen molar-refractivity contribution in [3.63, 3.8) is 0 Å². The van der Waals surface area contributed by atoms with Crippen molar-refractivity contribution in [2.24, 2.45) is 5.92 Å². The number of nitrogens with zero attached hydrogens (tertiary/aromatic N) is 1. The van der Waals surface area contributed by atoms with Gasteiger partial charge in [-0.25, -0.2) is 4.79 Å². The molecule has 1 saturated carbocycles. The second-order valence-electron chi connectivity index (χ2n) is 8.78. The van der Waals surface area contributed by atoms with Gasteiger partial charge in [-0.2, -0.15) is 0 Å². The lowest BCUT2D eigenvalue weighted by molar-refractivity contribution is -0.156. The van der Waals surface area contributed by atoms with Gasteiger partial charge in [0.2, 0.25) is 5.91 Å². The van der Waals surface area contributed by atoms with Crippen molar-refractivity contribution in [2.75, 3.05) is 13.2 Å². The van der Waals surface area contributed by atoms with Crippen molar-refractivity contribution >= 4 is 18.3 Å². The van der Waals surface area contributed by atoms with Gasteiger partial charge in [-0.15, -0.1) is 0 Å². The number of esters is 1. The molecule has 34 heavy (non-hydrogen) atoms. The third-order valence-corrected chi connectivity index (χ3v) is 6.42. The Kier molecular flexibility index (Phi) is 14.2. The van der Waals surface area contributed by atoms with E-state index in [2.05, 4.69) is 17.0 Å². The largest absolute Gasteiger partial charge is 0.468 e. The molecule has 2 aliphatic rings. The summed E-state index contributed by atoms with van der Waals surface area (Å²) in [6.07, 6.45) is 7.32. The molecule has 0 aromatic heterocycles. The fourth-order valence-corrected chi connectivity index (χ4v) is 4.69. The van der Waals surface area contributed by atoms with Crippen LogP contribution in [-0.4, -0.2) is 54.5 Å². The summed E-state index contributed by atoms with van der Waals surface area (Å²) in [7, 11) is 0. The summed E-state index contributed by atoms with van der Waals surface area (Å²) in [6, 6.07) is 9.19. The van der Waals surface area contributed by atoms with Crippen LogP contribution in [0.15, 0.2) is 30.3 Å². The number of amides is 1. The van der Waals surface area contributed by atoms with E-state index >= 15 is 0 Å². The van der Waals surface area contributed by atoms with Crippen LogP contribution in [0.2, 0.25) is 0 Å². The van der Waals surface area contributed by atoms with E-state index in [1.807, 2.05) is 42.2 Å². The molecule has 1 N–H and O–H groups in total. The second kappa shape index (κ2) is 16.3. The average molecular weight is 477 g/mol. The standard InChI is InChI=1S/C23H34N2O3.C3H6O2.CH4/c1-3-4-14-24-17(2)22(26)25-20-13-9-8-12-19(20)15-21(25)23(27)28-16-18-10-6-5-7-11-18;1-2-5-3-4;/h5-7,10-11,17,19-21,24H,3-4,8-9,12-16H2,1-2H3;3H,2H2,1H3;1H4/t17-,19?,20?,21-;;/m0../s1. The number of carbonyl (C=O) groups excluding carboxylic acids is 3. The highest BCUT2D eigenvalue weighted by molar-refractivity contribution is 5.88. The molecule has 0 bridgehead atoms. The van der Waals surface area contributed by atoms with Crippen molar-refractivity contribution in [1.82, 2.24) is 10.2 Å². The molecule has 3 rings (SSSR count). The lowest BCUT2D eigenvalue weighted by Crippen LogP contribution is -2.53. The Morgan fingerprint density at radius 2 is 1.88 bits per heavy atom. The monoisotopic (exact) mass is 476 g/mol. The predicted molar refractivity (Wildman–Crippen MR) is 134 cm³/mol. The maximum Gasteiger partial charge on any atom is 0.329 e. The summed E-state index contributed by atoms with van der Waals surface area (Å²) in [4.78, 5) is 37.2. The molecule has 4 atom stereocenters. The van der Waals surface area contributed by atoms with Gasteiger partial charge in [-0.3, -0.25) is 9.59 Å². The lowest BCUT2D eigenvalue weighted by Gasteiger charge is -2.35. The number of rotatable bonds is 10. The third kappa shape index (κ3) is 8.75. The number of hydrogen-bond donors (Lipinski definition) is 1. The van der Waals surface area contributed by atoms with Gasteiger partial charge < -0.3 is 19.7 Å². The van der Waals surface area contributed by atoms with Gasteiger partial charge in [0.25, 0.3) is 6.47 Å². The Bertz CT molecular complexity index is 727. The minimum absolute atomic E-state index is 0. The molecule has 7 nitrogen and oxygen atoms in total. The molecule has 2 fully saturated rings. The average Bonchev–Trinajstić information content (AvgIpc) is 3.23. The van der Waals surface area contributed by atoms with E-state index < -0.39 is 6.04 Å². The summed E-state index contributed by atoms with van der Waals surface area (Å²) in [6.45, 7) is 7.81. The number of unbranched alkanes of at least 4 members (excludes halogenated alkanes) is 1. The van der Waals surface area contributed by atoms with Gasteiger partial charge in [-0.05, 0) is 57.6 Å². The SMILES string of the molecule is C.CCCCN[C@@H](C)C(=O)N1C2CCCCC2C[C@H]1C(=O)OCc1ccccc1.CCOC=O. The molecule has 1 aliphatic carbocycles. The summed E-state index contributed by atoms with van der Waals surface area (Å²) in [5.41, 5.74) is 0.971. The molecule has 1 saturated heterocycles. The highest BCUT2D eigenvalue weighted by atomic mass is 16.5. The first-order valence-corrected chi connectivity index (χ1v) is 12.3. The van der Waals surface area contributed by atoms with E-state index in [0.717, 1.165) is 50.6 Å². The molecule has 1 amide bonds. The Hall–Kier alpha value is -2.41. The highest BCUT2D eigenvalue weighted by Crippen LogP contribution is 2.40. The molecule has 7 heteroatoms. The van der Waals surface area contributed by atoms with Crippen LogP contribution in [0.1, 0.15) is 78.7 Å². The van der Waals surface area contributed by atoms with E-state index in [4.69, 9.17) is 4.74 Å². The first-order valence-electron chi connectivity index (χ1n) is 12.3. The first-order chi connectivity index (χ1) is 16.0. The van der Waals surface area contributed by atoms with Crippen molar-refractivity contribution in [3.05, 3.63) is 35.9 Å². The summed E-state index contributed by atoms with van der Waals surface area (Å²) in [5, 5.41) is 3.33. The van der Waals surface area contributed by atoms with Gasteiger partial charge in [-0.1, -0.05) is 63.9 Å². The highest BCUT2D eigenvalue weighted by Gasteiger charge is 2.48. The molecule has 1 aromatic carbocycles. The van der Waals surface area contributed by atoms with Crippen molar-refractivity contribution in [2.45, 2.75) is 97.9 Å². The topological polar surface area (TPSA) is 84.9 Å². The zero-order valence-electron chi connectivity index (χ0n) is 20.3. The molecular formula is C27H44N2O5. The quantitative estimate of drug-likeness (QED) is 0.304. The molecule has 1 aromatic rings. The molecule has 1 aliphatic heterocycles. The van der Waals surface area contributed by atoms with Crippen LogP contribution in [0.25, 0.3) is 0 Å². The number of likely N-dealkylation sites (tertiary alicyclic amines) is 1. The Morgan fingerprint density at radius 3 is 2.50 bits per heavy atom. The predicted octanol–water partition coefficient (Wildman–Crippen LogP) is 4.48. The molecule has 0 radical (unpaired) electrons. The number of carbonyl (C=O) groups is 3. The minimum Gasteiger partial charge on any atom is -0.468 e. The smallest absolute Gasteiger partial charge is 0.329 e. The molecule has 192 valence electrons. The number of hydrogen-bond acceptors (Lipinski definition) is 6. The van der Waals surface area contributed by atoms with Crippen LogP contribution in [0.5, 0.6) is 0 Å². The van der Waals surface area contributed by atoms with Crippen LogP contribution in [0.4, 0.5) is 0 Å². The van der Waals surface area contributed by atoms with Gasteiger partial charge >= 0.3 is 5.97 Å². The fraction of sp³-hybridized carbons (Fsp3) is 0.667. The number of nitrogens with one attached hydrogen (secondary N) is 1. The van der Waals surface area contributed by atoms with Crippen LogP contribution in [0, 0.1) is 5.92 Å². The Balaban J connectivity index is 0.000000873. The van der Waals surface area contributed by atoms with Gasteiger partial charge in [0, 0.05) is 6.04 Å². The minimum atomic E-state index is -0.445. The summed E-state index contributed by atoms with van der Waals surface area (Å²) >= 11 is 0. The Labute approximate surface area is 205 Å². The van der Waals surface area contributed by atoms with Crippen LogP contribution in [-0.2, 0) is 30.5 Å². The fourth-order valence-electron chi connectivity index (χ4n) is 4.69. The van der Waals surface area contributed by atoms with E-state index in [1.54, 1.807) is 6.92 Å². The van der Waals surface area contributed by atoms with E-state index in [1.165, 1.54) is 6.42 Å². The Morgan fingerprint density at radius 1 is 1.18 bits per heavy atom. The zero-order valence-corrected chi connectivity index (χ0v) is 20.3. The normalized spacial score (nSPS) is 21.7. The molecule has 2 unspecified atom stereocenters. The summed E-state index contributed by atoms with van der Waals surface area (Å²) < 4.78 is 9.78. The van der Waals surface area contributed by atoms with Gasteiger partial charge in [0.1, 0.15) is 12.6 Å². The van der Waals surface area contributed by atoms with E-state index in [0.29, 0.717) is 19.0 Å². The van der Waals surface area contributed by atoms with Crippen molar-refractivity contribution in [3.8, 4) is 0 Å². The van der Waals surface area contributed by atoms with E-state index in [9.17, 15) is 14.4 Å². The maximum absolute atomic E-state index is 13.2. The van der Waals surface area contributed by atoms with Gasteiger partial charge in [0.05, 0.1) is 12.6 Å². The lowest BCUT2D eigenvalue weighted by atomic mass is 9.84. The van der Waals surface area contributed by atoms with Crippen LogP contribution < -0.4 is 5.32 Å². The number of ether oxygens (including phenoxy) is 2. The van der Waals surface area contributed by atoms with Crippen molar-refractivity contribution in [1.29, 1.82) is 0 Å². The maximum atomic E-state index is 13.2. The second-order valence-corrected chi connectivity index (χ2v) is 8.78. The molecule has 1 heterocycles. The van der Waals surface area contributed by atoms with E-state index in [-0.39, 0.29) is 38.0 Å². The number of benzene rings is 1.